The fraction of sp³-hybridized carbons (Fsp3) is 0.200. The lowest BCUT2D eigenvalue weighted by atomic mass is 10.0. The van der Waals surface area contributed by atoms with E-state index in [1.54, 1.807) is 18.2 Å². The Bertz CT molecular complexity index is 617. The van der Waals surface area contributed by atoms with Gasteiger partial charge in [-0.2, -0.15) is 0 Å². The Hall–Kier alpha value is -1.29. The molecule has 0 radical (unpaired) electrons. The van der Waals surface area contributed by atoms with Gasteiger partial charge < -0.3 is 9.84 Å². The Balaban J connectivity index is 2.30. The minimum absolute atomic E-state index is 0.174. The smallest absolute Gasteiger partial charge is 0.124 e. The number of ether oxygens (including phenoxy) is 1. The van der Waals surface area contributed by atoms with E-state index in [1.807, 2.05) is 0 Å². The maximum Gasteiger partial charge on any atom is 0.124 e. The quantitative estimate of drug-likeness (QED) is 0.905. The molecule has 1 unspecified atom stereocenters. The first-order chi connectivity index (χ1) is 9.51. The second kappa shape index (κ2) is 6.44. The summed E-state index contributed by atoms with van der Waals surface area (Å²) < 4.78 is 18.4. The molecule has 2 rings (SSSR count). The van der Waals surface area contributed by atoms with E-state index in [0.717, 1.165) is 0 Å². The first-order valence-corrected chi connectivity index (χ1v) is 6.72. The van der Waals surface area contributed by atoms with Gasteiger partial charge in [0.1, 0.15) is 11.6 Å². The van der Waals surface area contributed by atoms with Crippen LogP contribution in [-0.2, 0) is 6.42 Å². The Kier molecular flexibility index (Phi) is 4.86. The lowest BCUT2D eigenvalue weighted by Crippen LogP contribution is -2.05. The minimum atomic E-state index is -0.886. The van der Waals surface area contributed by atoms with E-state index in [9.17, 15) is 9.50 Å². The number of rotatable bonds is 4. The Morgan fingerprint density at radius 2 is 1.95 bits per heavy atom. The molecule has 0 aliphatic carbocycles. The maximum atomic E-state index is 13.2. The normalized spacial score (nSPS) is 12.2. The highest BCUT2D eigenvalue weighted by Crippen LogP contribution is 2.31. The summed E-state index contributed by atoms with van der Waals surface area (Å²) in [5.41, 5.74) is 1.07. The van der Waals surface area contributed by atoms with E-state index in [4.69, 9.17) is 27.9 Å². The van der Waals surface area contributed by atoms with Gasteiger partial charge in [-0.3, -0.25) is 0 Å². The molecule has 1 atom stereocenters. The zero-order chi connectivity index (χ0) is 14.7. The number of hydrogen-bond acceptors (Lipinski definition) is 2. The van der Waals surface area contributed by atoms with Crippen LogP contribution in [0.1, 0.15) is 17.2 Å². The summed E-state index contributed by atoms with van der Waals surface area (Å²) in [5, 5.41) is 11.2. The van der Waals surface area contributed by atoms with Crippen LogP contribution in [0.3, 0.4) is 0 Å². The highest BCUT2D eigenvalue weighted by atomic mass is 35.5. The van der Waals surface area contributed by atoms with Gasteiger partial charge in [0, 0.05) is 22.0 Å². The Labute approximate surface area is 126 Å². The van der Waals surface area contributed by atoms with Gasteiger partial charge in [-0.15, -0.1) is 0 Å². The molecular weight excluding hydrogens is 302 g/mol. The van der Waals surface area contributed by atoms with Gasteiger partial charge in [-0.05, 0) is 42.0 Å². The first kappa shape index (κ1) is 15.1. The summed E-state index contributed by atoms with van der Waals surface area (Å²) in [6.45, 7) is 0. The molecule has 20 heavy (non-hydrogen) atoms. The largest absolute Gasteiger partial charge is 0.496 e. The summed E-state index contributed by atoms with van der Waals surface area (Å²) >= 11 is 11.9. The first-order valence-electron chi connectivity index (χ1n) is 5.96. The van der Waals surface area contributed by atoms with Crippen molar-refractivity contribution in [2.45, 2.75) is 12.5 Å². The van der Waals surface area contributed by atoms with Crippen LogP contribution in [-0.4, -0.2) is 12.2 Å². The van der Waals surface area contributed by atoms with Crippen LogP contribution in [0.4, 0.5) is 4.39 Å². The molecule has 0 spiro atoms. The molecular formula is C15H13Cl2FO2. The lowest BCUT2D eigenvalue weighted by molar-refractivity contribution is 0.174. The molecule has 2 nitrogen and oxygen atoms in total. The number of aliphatic hydroxyl groups excluding tert-OH is 1. The van der Waals surface area contributed by atoms with Crippen molar-refractivity contribution in [2.75, 3.05) is 7.11 Å². The van der Waals surface area contributed by atoms with E-state index in [2.05, 4.69) is 0 Å². The number of methoxy groups -OCH3 is 1. The van der Waals surface area contributed by atoms with Crippen LogP contribution in [0.15, 0.2) is 36.4 Å². The van der Waals surface area contributed by atoms with Gasteiger partial charge in [0.15, 0.2) is 0 Å². The topological polar surface area (TPSA) is 29.5 Å². The van der Waals surface area contributed by atoms with Crippen molar-refractivity contribution in [1.82, 2.24) is 0 Å². The zero-order valence-corrected chi connectivity index (χ0v) is 12.2. The molecule has 0 fully saturated rings. The number of halogens is 3. The number of aliphatic hydroxyl groups is 1. The zero-order valence-electron chi connectivity index (χ0n) is 10.7. The summed E-state index contributed by atoms with van der Waals surface area (Å²) in [7, 11) is 1.51. The average Bonchev–Trinajstić information content (AvgIpc) is 2.42. The van der Waals surface area contributed by atoms with Crippen LogP contribution in [0, 0.1) is 5.82 Å². The third-order valence-corrected chi connectivity index (χ3v) is 3.58. The monoisotopic (exact) mass is 314 g/mol. The Morgan fingerprint density at radius 1 is 1.20 bits per heavy atom. The van der Waals surface area contributed by atoms with Gasteiger partial charge in [0.05, 0.1) is 13.2 Å². The van der Waals surface area contributed by atoms with Gasteiger partial charge >= 0.3 is 0 Å². The predicted octanol–water partition coefficient (Wildman–Crippen LogP) is 4.42. The highest BCUT2D eigenvalue weighted by molar-refractivity contribution is 6.31. The van der Waals surface area contributed by atoms with Crippen LogP contribution in [0.2, 0.25) is 10.0 Å². The van der Waals surface area contributed by atoms with Crippen LogP contribution >= 0.6 is 23.2 Å². The molecule has 0 amide bonds. The van der Waals surface area contributed by atoms with E-state index < -0.39 is 11.9 Å². The summed E-state index contributed by atoms with van der Waals surface area (Å²) in [4.78, 5) is 0. The van der Waals surface area contributed by atoms with Gasteiger partial charge in [-0.1, -0.05) is 23.2 Å². The van der Waals surface area contributed by atoms with Crippen molar-refractivity contribution in [3.63, 3.8) is 0 Å². The van der Waals surface area contributed by atoms with E-state index >= 15 is 0 Å². The third-order valence-electron chi connectivity index (χ3n) is 2.97. The fourth-order valence-corrected chi connectivity index (χ4v) is 2.36. The fourth-order valence-electron chi connectivity index (χ4n) is 1.98. The molecule has 0 heterocycles. The van der Waals surface area contributed by atoms with Crippen molar-refractivity contribution >= 4 is 23.2 Å². The summed E-state index contributed by atoms with van der Waals surface area (Å²) in [5.74, 6) is 0.129. The molecule has 5 heteroatoms. The van der Waals surface area contributed by atoms with Crippen molar-refractivity contribution in [3.8, 4) is 5.75 Å². The molecule has 2 aromatic carbocycles. The molecule has 1 N–H and O–H groups in total. The molecule has 0 saturated heterocycles. The van der Waals surface area contributed by atoms with E-state index in [1.165, 1.54) is 25.3 Å². The molecule has 0 bridgehead atoms. The summed E-state index contributed by atoms with van der Waals surface area (Å²) in [6, 6.07) is 9.02. The van der Waals surface area contributed by atoms with Gasteiger partial charge in [0.2, 0.25) is 0 Å². The highest BCUT2D eigenvalue weighted by Gasteiger charge is 2.16. The third kappa shape index (κ3) is 3.42. The lowest BCUT2D eigenvalue weighted by Gasteiger charge is -2.16. The minimum Gasteiger partial charge on any atom is -0.496 e. The Morgan fingerprint density at radius 3 is 2.65 bits per heavy atom. The van der Waals surface area contributed by atoms with Crippen molar-refractivity contribution < 1.29 is 14.2 Å². The average molecular weight is 315 g/mol. The maximum absolute atomic E-state index is 13.2. The van der Waals surface area contributed by atoms with Crippen molar-refractivity contribution in [2.24, 2.45) is 0 Å². The number of benzene rings is 2. The van der Waals surface area contributed by atoms with Gasteiger partial charge in [0.25, 0.3) is 0 Å². The second-order valence-corrected chi connectivity index (χ2v) is 5.19. The molecule has 0 aliphatic rings. The number of hydrogen-bond donors (Lipinski definition) is 1. The van der Waals surface area contributed by atoms with Crippen molar-refractivity contribution in [1.29, 1.82) is 0 Å². The molecule has 106 valence electrons. The van der Waals surface area contributed by atoms with Crippen LogP contribution < -0.4 is 4.74 Å². The summed E-state index contributed by atoms with van der Waals surface area (Å²) in [6.07, 6.45) is -0.712. The van der Waals surface area contributed by atoms with E-state index in [-0.39, 0.29) is 6.42 Å². The predicted molar refractivity (Wildman–Crippen MR) is 78.1 cm³/mol. The molecule has 2 aromatic rings. The molecule has 0 aliphatic heterocycles. The SMILES string of the molecule is COc1ccc(Cl)cc1C(O)Cc1cc(F)ccc1Cl. The van der Waals surface area contributed by atoms with Crippen LogP contribution in [0.5, 0.6) is 5.75 Å². The second-order valence-electron chi connectivity index (χ2n) is 4.34. The standard InChI is InChI=1S/C15H13Cl2FO2/c1-20-15-5-2-10(16)8-12(15)14(19)7-9-6-11(18)3-4-13(9)17/h2-6,8,14,19H,7H2,1H3. The van der Waals surface area contributed by atoms with E-state index in [0.29, 0.717) is 26.9 Å². The van der Waals surface area contributed by atoms with Crippen molar-refractivity contribution in [3.05, 3.63) is 63.4 Å². The molecule has 0 aromatic heterocycles. The van der Waals surface area contributed by atoms with Crippen LogP contribution in [0.25, 0.3) is 0 Å². The molecule has 0 saturated carbocycles. The van der Waals surface area contributed by atoms with Gasteiger partial charge in [-0.25, -0.2) is 4.39 Å².